The molecule has 0 atom stereocenters. The van der Waals surface area contributed by atoms with Crippen LogP contribution in [0, 0.1) is 0 Å². The van der Waals surface area contributed by atoms with Gasteiger partial charge in [0.15, 0.2) is 0 Å². The molecule has 1 amide bonds. The average molecular weight is 538 g/mol. The van der Waals surface area contributed by atoms with Gasteiger partial charge in [0.2, 0.25) is 0 Å². The van der Waals surface area contributed by atoms with Crippen molar-refractivity contribution in [3.63, 3.8) is 0 Å². The number of carbonyl (C=O) groups excluding carboxylic acids is 1. The quantitative estimate of drug-likeness (QED) is 0.240. The third kappa shape index (κ3) is 4.67. The predicted molar refractivity (Wildman–Crippen MR) is 156 cm³/mol. The minimum absolute atomic E-state index is 0.257. The van der Waals surface area contributed by atoms with E-state index in [1.165, 1.54) is 11.8 Å². The molecule has 2 nitrogen and oxygen atoms in total. The van der Waals surface area contributed by atoms with Gasteiger partial charge < -0.3 is 0 Å². The number of hydrogen-bond acceptors (Lipinski definition) is 2. The minimum atomic E-state index is -4.01. The Hall–Kier alpha value is -2.55. The van der Waals surface area contributed by atoms with Gasteiger partial charge in [-0.1, -0.05) is 0 Å². The molecule has 4 aromatic carbocycles. The van der Waals surface area contributed by atoms with Crippen LogP contribution < -0.4 is 21.2 Å². The summed E-state index contributed by atoms with van der Waals surface area (Å²) in [5.41, 5.74) is 1.07. The van der Waals surface area contributed by atoms with Crippen LogP contribution >= 0.6 is 40.6 Å². The molecule has 4 aromatic rings. The van der Waals surface area contributed by atoms with Gasteiger partial charge in [0.05, 0.1) is 0 Å². The fraction of sp³-hybridized carbons (Fsp3) is 0.0690. The Bertz CT molecular complexity index is 1220. The van der Waals surface area contributed by atoms with Crippen LogP contribution in [0.2, 0.25) is 0 Å². The molecular weight excluding hydrogens is 512 g/mol. The van der Waals surface area contributed by atoms with Gasteiger partial charge in [0, 0.05) is 0 Å². The Morgan fingerprint density at radius 2 is 1.09 bits per heavy atom. The second kappa shape index (κ2) is 11.0. The summed E-state index contributed by atoms with van der Waals surface area (Å²) in [6.45, 7) is 2.03. The molecule has 0 aliphatic carbocycles. The summed E-state index contributed by atoms with van der Waals surface area (Å²) in [5, 5.41) is 5.91. The summed E-state index contributed by atoms with van der Waals surface area (Å²) in [6.07, 6.45) is 0. The summed E-state index contributed by atoms with van der Waals surface area (Å²) in [6, 6.07) is 39.0. The molecule has 0 aromatic heterocycles. The molecule has 35 heavy (non-hydrogen) atoms. The topological polar surface area (TPSA) is 29.1 Å². The van der Waals surface area contributed by atoms with E-state index >= 15 is 0 Å². The summed E-state index contributed by atoms with van der Waals surface area (Å²) in [5.74, 6) is -3.54. The van der Waals surface area contributed by atoms with Crippen LogP contribution in [-0.4, -0.2) is 11.7 Å². The average Bonchev–Trinajstić information content (AvgIpc) is 2.93. The molecule has 0 fully saturated rings. The number of carbonyl (C=O) groups is 1. The predicted octanol–water partition coefficient (Wildman–Crippen LogP) is 7.22. The maximum atomic E-state index is 13.6. The maximum absolute atomic E-state index is 13.6. The molecule has 0 spiro atoms. The van der Waals surface area contributed by atoms with Crippen LogP contribution in [0.3, 0.4) is 0 Å². The second-order valence-corrected chi connectivity index (χ2v) is 15.8. The van der Waals surface area contributed by atoms with E-state index in [2.05, 4.69) is 5.32 Å². The Morgan fingerprint density at radius 3 is 1.46 bits per heavy atom. The number of nitrogens with one attached hydrogen (secondary N) is 1. The number of thioether (sulfide) groups is 1. The number of hydrogen-bond donors (Lipinski definition) is 1. The molecule has 0 radical (unpaired) electrons. The fourth-order valence-corrected chi connectivity index (χ4v) is 12.5. The van der Waals surface area contributed by atoms with Gasteiger partial charge >= 0.3 is 222 Å². The van der Waals surface area contributed by atoms with Gasteiger partial charge in [-0.15, -0.1) is 0 Å². The van der Waals surface area contributed by atoms with E-state index in [-0.39, 0.29) is 5.91 Å². The molecule has 0 saturated carbocycles. The van der Waals surface area contributed by atoms with Gasteiger partial charge in [-0.2, -0.15) is 0 Å². The zero-order valence-corrected chi connectivity index (χ0v) is 22.5. The first-order valence-electron chi connectivity index (χ1n) is 11.3. The third-order valence-electron chi connectivity index (χ3n) is 5.87. The van der Waals surface area contributed by atoms with E-state index in [1.807, 2.05) is 116 Å². The first-order valence-corrected chi connectivity index (χ1v) is 15.8. The van der Waals surface area contributed by atoms with Gasteiger partial charge in [-0.3, -0.25) is 0 Å². The molecule has 0 saturated heterocycles. The number of rotatable bonds is 8. The van der Waals surface area contributed by atoms with E-state index in [1.54, 1.807) is 12.1 Å². The van der Waals surface area contributed by atoms with Gasteiger partial charge in [-0.05, 0) is 0 Å². The van der Waals surface area contributed by atoms with Crippen LogP contribution in [0.5, 0.6) is 0 Å². The normalized spacial score (nSPS) is 13.3. The van der Waals surface area contributed by atoms with Crippen LogP contribution in [0.25, 0.3) is 0 Å². The fourth-order valence-electron chi connectivity index (χ4n) is 4.24. The van der Waals surface area contributed by atoms with Crippen molar-refractivity contribution in [2.75, 3.05) is 5.75 Å². The van der Waals surface area contributed by atoms with Gasteiger partial charge in [0.25, 0.3) is 0 Å². The first kappa shape index (κ1) is 25.5. The van der Waals surface area contributed by atoms with Crippen molar-refractivity contribution in [2.45, 2.75) is 6.92 Å². The second-order valence-electron chi connectivity index (χ2n) is 7.89. The van der Waals surface area contributed by atoms with Crippen molar-refractivity contribution < 1.29 is 4.79 Å². The van der Waals surface area contributed by atoms with Crippen molar-refractivity contribution in [1.82, 2.24) is 5.32 Å². The Morgan fingerprint density at radius 1 is 0.714 bits per heavy atom. The number of benzene rings is 4. The molecule has 178 valence electrons. The Labute approximate surface area is 221 Å². The monoisotopic (exact) mass is 537 g/mol. The third-order valence-corrected chi connectivity index (χ3v) is 14.7. The van der Waals surface area contributed by atoms with E-state index in [4.69, 9.17) is 22.8 Å². The standard InChI is InChI=1S/C29H26Cl2NOPS/c1-2-35-27(30)29(32-28(33)23-15-7-3-8-16-23)34(31,24-17-9-4-10-18-24,25-19-11-5-12-20-25)26-21-13-6-14-22-26/h3-22H,2H2,1H3,(H,32,33). The summed E-state index contributed by atoms with van der Waals surface area (Å²) < 4.78 is 0.473. The molecule has 0 unspecified atom stereocenters. The van der Waals surface area contributed by atoms with E-state index in [0.29, 0.717) is 15.4 Å². The van der Waals surface area contributed by atoms with E-state index < -0.39 is 5.96 Å². The molecule has 0 heterocycles. The molecule has 6 heteroatoms. The molecule has 4 rings (SSSR count). The van der Waals surface area contributed by atoms with Crippen LogP contribution in [-0.2, 0) is 0 Å². The van der Waals surface area contributed by atoms with Crippen molar-refractivity contribution in [2.24, 2.45) is 0 Å². The molecule has 0 aliphatic rings. The van der Waals surface area contributed by atoms with Crippen molar-refractivity contribution >= 4 is 62.4 Å². The zero-order valence-electron chi connectivity index (χ0n) is 19.3. The van der Waals surface area contributed by atoms with Gasteiger partial charge in [-0.25, -0.2) is 0 Å². The summed E-state index contributed by atoms with van der Waals surface area (Å²) in [4.78, 5) is 13.6. The molecule has 1 N–H and O–H groups in total. The van der Waals surface area contributed by atoms with Crippen molar-refractivity contribution in [3.8, 4) is 0 Å². The molecule has 0 aliphatic heterocycles. The number of amides is 1. The summed E-state index contributed by atoms with van der Waals surface area (Å²) in [7, 11) is 0. The van der Waals surface area contributed by atoms with Crippen LogP contribution in [0.15, 0.2) is 131 Å². The zero-order chi connectivity index (χ0) is 24.8. The van der Waals surface area contributed by atoms with Crippen LogP contribution in [0.1, 0.15) is 17.3 Å². The van der Waals surface area contributed by atoms with Crippen molar-refractivity contribution in [3.05, 3.63) is 137 Å². The Balaban J connectivity index is 2.13. The van der Waals surface area contributed by atoms with Crippen LogP contribution in [0.4, 0.5) is 0 Å². The van der Waals surface area contributed by atoms with Crippen molar-refractivity contribution in [1.29, 1.82) is 0 Å². The molecular formula is C29H26Cl2NOPS. The van der Waals surface area contributed by atoms with Gasteiger partial charge in [0.1, 0.15) is 0 Å². The van der Waals surface area contributed by atoms with E-state index in [9.17, 15) is 4.79 Å². The first-order chi connectivity index (χ1) is 17.0. The Kier molecular flexibility index (Phi) is 8.04. The molecule has 0 bridgehead atoms. The summed E-state index contributed by atoms with van der Waals surface area (Å²) >= 11 is 16.8. The number of halogens is 2. The SMILES string of the molecule is CCSC(Cl)=C(NC(=O)c1ccccc1)P(Cl)(c1ccccc1)(c1ccccc1)c1ccccc1. The van der Waals surface area contributed by atoms with E-state index in [0.717, 1.165) is 21.7 Å².